The van der Waals surface area contributed by atoms with Crippen molar-refractivity contribution in [2.24, 2.45) is 5.41 Å². The second-order valence-electron chi connectivity index (χ2n) is 7.66. The number of fused-ring (bicyclic) bond motifs is 1. The van der Waals surface area contributed by atoms with Gasteiger partial charge in [0.05, 0.1) is 0 Å². The summed E-state index contributed by atoms with van der Waals surface area (Å²) in [6.45, 7) is 8.26. The maximum absolute atomic E-state index is 6.23. The van der Waals surface area contributed by atoms with E-state index in [-0.39, 0.29) is 5.41 Å². The highest BCUT2D eigenvalue weighted by Gasteiger charge is 2.40. The molecule has 1 aromatic rings. The first-order valence-electron chi connectivity index (χ1n) is 8.11. The van der Waals surface area contributed by atoms with Crippen molar-refractivity contribution in [1.29, 1.82) is 0 Å². The Hall–Kier alpha value is -0.570. The van der Waals surface area contributed by atoms with E-state index in [0.29, 0.717) is 18.1 Å². The minimum atomic E-state index is 0.263. The number of hydrogen-bond donors (Lipinski definition) is 1. The van der Waals surface area contributed by atoms with E-state index in [4.69, 9.17) is 11.6 Å². The Bertz CT molecular complexity index is 526. The topological polar surface area (TPSA) is 15.3 Å². The third-order valence-corrected chi connectivity index (χ3v) is 5.69. The molecular weight excluding hydrogens is 280 g/mol. The van der Waals surface area contributed by atoms with Gasteiger partial charge in [-0.1, -0.05) is 31.5 Å². The van der Waals surface area contributed by atoms with Crippen molar-refractivity contribution < 1.29 is 0 Å². The molecule has 3 atom stereocenters. The Balaban J connectivity index is 1.80. The number of rotatable bonds is 2. The minimum Gasteiger partial charge on any atom is -0.307 e. The normalized spacial score (nSPS) is 32.1. The van der Waals surface area contributed by atoms with Crippen molar-refractivity contribution in [3.05, 3.63) is 34.3 Å². The minimum absolute atomic E-state index is 0.263. The van der Waals surface area contributed by atoms with Gasteiger partial charge in [0, 0.05) is 23.1 Å². The lowest BCUT2D eigenvalue weighted by Gasteiger charge is -2.39. The summed E-state index contributed by atoms with van der Waals surface area (Å²) in [5.41, 5.74) is 3.14. The molecule has 3 heteroatoms. The van der Waals surface area contributed by atoms with E-state index in [0.717, 1.165) is 11.4 Å². The Morgan fingerprint density at radius 1 is 1.33 bits per heavy atom. The average Bonchev–Trinajstić information content (AvgIpc) is 2.65. The van der Waals surface area contributed by atoms with Gasteiger partial charge in [0.15, 0.2) is 0 Å². The molecule has 2 aliphatic rings. The highest BCUT2D eigenvalue weighted by atomic mass is 35.5. The van der Waals surface area contributed by atoms with Crippen molar-refractivity contribution in [2.75, 3.05) is 13.6 Å². The first-order chi connectivity index (χ1) is 9.87. The fourth-order valence-corrected chi connectivity index (χ4v) is 4.18. The van der Waals surface area contributed by atoms with Gasteiger partial charge in [-0.15, -0.1) is 0 Å². The lowest BCUT2D eigenvalue weighted by Crippen LogP contribution is -2.48. The van der Waals surface area contributed by atoms with Crippen LogP contribution in [0, 0.1) is 5.41 Å². The van der Waals surface area contributed by atoms with Crippen LogP contribution in [0.15, 0.2) is 18.2 Å². The van der Waals surface area contributed by atoms with Crippen LogP contribution in [0.3, 0.4) is 0 Å². The van der Waals surface area contributed by atoms with Crippen LogP contribution in [-0.2, 0) is 6.42 Å². The highest BCUT2D eigenvalue weighted by molar-refractivity contribution is 6.30. The van der Waals surface area contributed by atoms with Crippen LogP contribution in [0.5, 0.6) is 0 Å². The highest BCUT2D eigenvalue weighted by Crippen LogP contribution is 2.46. The molecule has 3 rings (SSSR count). The van der Waals surface area contributed by atoms with Crippen LogP contribution in [0.4, 0.5) is 0 Å². The number of benzene rings is 1. The lowest BCUT2D eigenvalue weighted by atomic mass is 9.84. The SMILES string of the molecule is CC1CC(NC2c3cc(Cl)ccc3CC2(C)C)CCN1C. The molecule has 1 N–H and O–H groups in total. The zero-order valence-electron chi connectivity index (χ0n) is 13.6. The number of nitrogens with one attached hydrogen (secondary N) is 1. The Labute approximate surface area is 133 Å². The van der Waals surface area contributed by atoms with Crippen LogP contribution in [0.25, 0.3) is 0 Å². The Morgan fingerprint density at radius 3 is 2.81 bits per heavy atom. The molecule has 116 valence electrons. The summed E-state index contributed by atoms with van der Waals surface area (Å²) in [5.74, 6) is 0. The van der Waals surface area contributed by atoms with Crippen LogP contribution >= 0.6 is 11.6 Å². The molecule has 0 amide bonds. The predicted octanol–water partition coefficient (Wildman–Crippen LogP) is 4.04. The van der Waals surface area contributed by atoms with E-state index < -0.39 is 0 Å². The van der Waals surface area contributed by atoms with Gasteiger partial charge in [-0.25, -0.2) is 0 Å². The first kappa shape index (κ1) is 15.3. The number of piperidine rings is 1. The average molecular weight is 307 g/mol. The fourth-order valence-electron chi connectivity index (χ4n) is 4.00. The van der Waals surface area contributed by atoms with E-state index >= 15 is 0 Å². The van der Waals surface area contributed by atoms with Gasteiger partial charge in [0.2, 0.25) is 0 Å². The standard InChI is InChI=1S/C18H27ClN2/c1-12-9-15(7-8-21(12)4)20-17-16-10-14(19)6-5-13(16)11-18(17,2)3/h5-6,10,12,15,17,20H,7-9,11H2,1-4H3. The zero-order chi connectivity index (χ0) is 15.2. The molecule has 3 unspecified atom stereocenters. The fraction of sp³-hybridized carbons (Fsp3) is 0.667. The van der Waals surface area contributed by atoms with Gasteiger partial charge in [-0.2, -0.15) is 0 Å². The van der Waals surface area contributed by atoms with Crippen molar-refractivity contribution in [1.82, 2.24) is 10.2 Å². The first-order valence-corrected chi connectivity index (χ1v) is 8.49. The third-order valence-electron chi connectivity index (χ3n) is 5.46. The second kappa shape index (κ2) is 5.57. The summed E-state index contributed by atoms with van der Waals surface area (Å²) in [4.78, 5) is 2.46. The number of nitrogens with zero attached hydrogens (tertiary/aromatic N) is 1. The number of halogens is 1. The molecule has 0 saturated carbocycles. The van der Waals surface area contributed by atoms with Crippen LogP contribution in [0.2, 0.25) is 5.02 Å². The van der Waals surface area contributed by atoms with Crippen molar-refractivity contribution in [3.8, 4) is 0 Å². The largest absolute Gasteiger partial charge is 0.307 e. The second-order valence-corrected chi connectivity index (χ2v) is 8.10. The third kappa shape index (κ3) is 2.99. The summed E-state index contributed by atoms with van der Waals surface area (Å²) in [5, 5.41) is 4.81. The molecule has 0 spiro atoms. The molecule has 21 heavy (non-hydrogen) atoms. The molecule has 0 bridgehead atoms. The Morgan fingerprint density at radius 2 is 2.10 bits per heavy atom. The summed E-state index contributed by atoms with van der Waals surface area (Å²) in [7, 11) is 2.23. The molecule has 1 saturated heterocycles. The van der Waals surface area contributed by atoms with Gasteiger partial charge in [-0.05, 0) is 68.5 Å². The molecule has 1 heterocycles. The van der Waals surface area contributed by atoms with Crippen LogP contribution in [0.1, 0.15) is 50.8 Å². The van der Waals surface area contributed by atoms with Crippen LogP contribution < -0.4 is 5.32 Å². The predicted molar refractivity (Wildman–Crippen MR) is 89.9 cm³/mol. The molecule has 1 aliphatic heterocycles. The quantitative estimate of drug-likeness (QED) is 0.887. The van der Waals surface area contributed by atoms with E-state index in [9.17, 15) is 0 Å². The molecule has 1 aliphatic carbocycles. The van der Waals surface area contributed by atoms with Gasteiger partial charge in [0.25, 0.3) is 0 Å². The molecular formula is C18H27ClN2. The molecule has 1 aromatic carbocycles. The maximum atomic E-state index is 6.23. The van der Waals surface area contributed by atoms with E-state index in [1.807, 2.05) is 6.07 Å². The molecule has 0 aromatic heterocycles. The van der Waals surface area contributed by atoms with Crippen molar-refractivity contribution >= 4 is 11.6 Å². The summed E-state index contributed by atoms with van der Waals surface area (Å²) in [6, 6.07) is 8.10. The number of hydrogen-bond acceptors (Lipinski definition) is 2. The summed E-state index contributed by atoms with van der Waals surface area (Å²) < 4.78 is 0. The van der Waals surface area contributed by atoms with E-state index in [1.165, 1.54) is 30.5 Å². The van der Waals surface area contributed by atoms with Gasteiger partial charge >= 0.3 is 0 Å². The maximum Gasteiger partial charge on any atom is 0.0409 e. The smallest absolute Gasteiger partial charge is 0.0409 e. The molecule has 1 fully saturated rings. The summed E-state index contributed by atoms with van der Waals surface area (Å²) >= 11 is 6.23. The van der Waals surface area contributed by atoms with Gasteiger partial charge < -0.3 is 10.2 Å². The van der Waals surface area contributed by atoms with Crippen molar-refractivity contribution in [3.63, 3.8) is 0 Å². The zero-order valence-corrected chi connectivity index (χ0v) is 14.4. The van der Waals surface area contributed by atoms with E-state index in [1.54, 1.807) is 0 Å². The summed E-state index contributed by atoms with van der Waals surface area (Å²) in [6.07, 6.45) is 3.61. The van der Waals surface area contributed by atoms with Crippen molar-refractivity contribution in [2.45, 2.75) is 58.2 Å². The molecule has 2 nitrogen and oxygen atoms in total. The Kier molecular flexibility index (Phi) is 4.06. The monoisotopic (exact) mass is 306 g/mol. The van der Waals surface area contributed by atoms with Gasteiger partial charge in [0.1, 0.15) is 0 Å². The lowest BCUT2D eigenvalue weighted by molar-refractivity contribution is 0.144. The van der Waals surface area contributed by atoms with Crippen LogP contribution in [-0.4, -0.2) is 30.6 Å². The number of likely N-dealkylation sites (tertiary alicyclic amines) is 1. The van der Waals surface area contributed by atoms with E-state index in [2.05, 4.69) is 50.2 Å². The van der Waals surface area contributed by atoms with Gasteiger partial charge in [-0.3, -0.25) is 0 Å². The molecule has 0 radical (unpaired) electrons.